The van der Waals surface area contributed by atoms with Crippen LogP contribution < -0.4 is 10.5 Å². The minimum absolute atomic E-state index is 0.271. The van der Waals surface area contributed by atoms with Gasteiger partial charge in [-0.05, 0) is 6.92 Å². The Morgan fingerprint density at radius 1 is 1.25 bits per heavy atom. The summed E-state index contributed by atoms with van der Waals surface area (Å²) in [5.41, 5.74) is 0.537. The van der Waals surface area contributed by atoms with Gasteiger partial charge in [-0.1, -0.05) is 0 Å². The molecule has 0 saturated carbocycles. The van der Waals surface area contributed by atoms with Gasteiger partial charge >= 0.3 is 5.97 Å². The Kier molecular flexibility index (Phi) is 3.39. The van der Waals surface area contributed by atoms with E-state index in [1.807, 2.05) is 0 Å². The van der Waals surface area contributed by atoms with Gasteiger partial charge < -0.3 is 9.64 Å². The fraction of sp³-hybridized carbons (Fsp3) is 0.417. The van der Waals surface area contributed by atoms with Crippen molar-refractivity contribution in [3.63, 3.8) is 0 Å². The smallest absolute Gasteiger partial charge is 0.362 e. The van der Waals surface area contributed by atoms with Crippen LogP contribution in [0.1, 0.15) is 16.2 Å². The summed E-state index contributed by atoms with van der Waals surface area (Å²) in [5, 5.41) is 0. The Hall–Kier alpha value is -2.51. The van der Waals surface area contributed by atoms with E-state index in [4.69, 9.17) is 0 Å². The van der Waals surface area contributed by atoms with Gasteiger partial charge in [-0.2, -0.15) is 4.98 Å². The van der Waals surface area contributed by atoms with Gasteiger partial charge in [0.1, 0.15) is 5.52 Å². The third-order valence-corrected chi connectivity index (χ3v) is 2.86. The molecule has 0 aliphatic heterocycles. The molecule has 2 heterocycles. The molecule has 0 fully saturated rings. The highest BCUT2D eigenvalue weighted by Crippen LogP contribution is 2.15. The number of esters is 1. The van der Waals surface area contributed by atoms with Crippen LogP contribution in [-0.2, 0) is 11.8 Å². The topological polar surface area (TPSA) is 90.2 Å². The molecule has 0 N–H and O–H groups in total. The Morgan fingerprint density at radius 3 is 2.45 bits per heavy atom. The van der Waals surface area contributed by atoms with Crippen molar-refractivity contribution in [2.75, 3.05) is 26.1 Å². The number of hydrogen-bond donors (Lipinski definition) is 0. The average molecular weight is 277 g/mol. The van der Waals surface area contributed by atoms with Crippen LogP contribution >= 0.6 is 0 Å². The predicted molar refractivity (Wildman–Crippen MR) is 73.0 cm³/mol. The van der Waals surface area contributed by atoms with E-state index in [1.54, 1.807) is 25.9 Å². The van der Waals surface area contributed by atoms with Crippen molar-refractivity contribution in [1.29, 1.82) is 0 Å². The maximum absolute atomic E-state index is 12.1. The van der Waals surface area contributed by atoms with Crippen molar-refractivity contribution in [3.05, 3.63) is 21.7 Å². The second-order valence-electron chi connectivity index (χ2n) is 4.49. The molecule has 0 bridgehead atoms. The maximum Gasteiger partial charge on any atom is 0.362 e. The third kappa shape index (κ3) is 2.09. The zero-order chi connectivity index (χ0) is 15.0. The normalized spacial score (nSPS) is 10.7. The molecular formula is C12H15N5O3. The van der Waals surface area contributed by atoms with Crippen LogP contribution in [0.3, 0.4) is 0 Å². The van der Waals surface area contributed by atoms with Crippen LogP contribution in [0.2, 0.25) is 0 Å². The van der Waals surface area contributed by atoms with Crippen molar-refractivity contribution in [2.24, 2.45) is 7.05 Å². The number of nitrogens with zero attached hydrogens (tertiary/aromatic N) is 5. The Labute approximate surface area is 115 Å². The number of carbonyl (C=O) groups is 1. The summed E-state index contributed by atoms with van der Waals surface area (Å²) in [6.45, 7) is 1.75. The number of aryl methyl sites for hydroxylation is 2. The number of fused-ring (bicyclic) bond motifs is 1. The molecule has 0 radical (unpaired) electrons. The SMILES string of the molecule is COC(=O)c1nc2c(C)nc(N(C)C)nc2n(C)c1=O. The first-order valence-corrected chi connectivity index (χ1v) is 5.87. The minimum Gasteiger partial charge on any atom is -0.464 e. The van der Waals surface area contributed by atoms with Gasteiger partial charge in [-0.25, -0.2) is 14.8 Å². The molecular weight excluding hydrogens is 262 g/mol. The Balaban J connectivity index is 2.87. The van der Waals surface area contributed by atoms with Crippen molar-refractivity contribution in [2.45, 2.75) is 6.92 Å². The van der Waals surface area contributed by atoms with E-state index in [0.717, 1.165) is 0 Å². The number of anilines is 1. The van der Waals surface area contributed by atoms with E-state index >= 15 is 0 Å². The van der Waals surface area contributed by atoms with E-state index < -0.39 is 11.5 Å². The summed E-state index contributed by atoms with van der Waals surface area (Å²) in [4.78, 5) is 38.0. The first-order valence-electron chi connectivity index (χ1n) is 5.87. The fourth-order valence-corrected chi connectivity index (χ4v) is 1.75. The van der Waals surface area contributed by atoms with E-state index in [2.05, 4.69) is 19.7 Å². The maximum atomic E-state index is 12.1. The van der Waals surface area contributed by atoms with Gasteiger partial charge in [-0.15, -0.1) is 0 Å². The molecule has 0 amide bonds. The van der Waals surface area contributed by atoms with Crippen LogP contribution in [0.5, 0.6) is 0 Å². The summed E-state index contributed by atoms with van der Waals surface area (Å²) in [7, 11) is 6.33. The lowest BCUT2D eigenvalue weighted by Crippen LogP contribution is -2.28. The number of methoxy groups -OCH3 is 1. The van der Waals surface area contributed by atoms with Gasteiger partial charge in [0.25, 0.3) is 5.56 Å². The van der Waals surface area contributed by atoms with Crippen LogP contribution in [-0.4, -0.2) is 46.7 Å². The molecule has 0 atom stereocenters. The van der Waals surface area contributed by atoms with Gasteiger partial charge in [0.15, 0.2) is 5.65 Å². The van der Waals surface area contributed by atoms with Crippen LogP contribution in [0.15, 0.2) is 4.79 Å². The first-order chi connectivity index (χ1) is 9.36. The molecule has 8 nitrogen and oxygen atoms in total. The molecule has 106 valence electrons. The first kappa shape index (κ1) is 13.9. The van der Waals surface area contributed by atoms with Gasteiger partial charge in [0.05, 0.1) is 12.8 Å². The van der Waals surface area contributed by atoms with Crippen LogP contribution in [0.25, 0.3) is 11.2 Å². The summed E-state index contributed by atoms with van der Waals surface area (Å²) in [5.74, 6) is -0.304. The van der Waals surface area contributed by atoms with Gasteiger partial charge in [0.2, 0.25) is 11.6 Å². The standard InChI is InChI=1S/C12H15N5O3/c1-6-7-9(15-12(13-6)16(2)3)17(4)10(18)8(14-7)11(19)20-5/h1-5H3. The zero-order valence-corrected chi connectivity index (χ0v) is 12.0. The lowest BCUT2D eigenvalue weighted by Gasteiger charge is -2.13. The highest BCUT2D eigenvalue weighted by Gasteiger charge is 2.19. The Bertz CT molecular complexity index is 751. The number of hydrogen-bond acceptors (Lipinski definition) is 7. The van der Waals surface area contributed by atoms with Gasteiger partial charge in [0, 0.05) is 21.1 Å². The van der Waals surface area contributed by atoms with E-state index in [9.17, 15) is 9.59 Å². The average Bonchev–Trinajstić information content (AvgIpc) is 2.42. The van der Waals surface area contributed by atoms with Gasteiger partial charge in [-0.3, -0.25) is 9.36 Å². The van der Waals surface area contributed by atoms with Crippen LogP contribution in [0.4, 0.5) is 5.95 Å². The third-order valence-electron chi connectivity index (χ3n) is 2.86. The highest BCUT2D eigenvalue weighted by molar-refractivity contribution is 5.89. The summed E-state index contributed by atoms with van der Waals surface area (Å²) in [6, 6.07) is 0. The molecule has 0 unspecified atom stereocenters. The highest BCUT2D eigenvalue weighted by atomic mass is 16.5. The second-order valence-corrected chi connectivity index (χ2v) is 4.49. The quantitative estimate of drug-likeness (QED) is 0.707. The number of rotatable bonds is 2. The fourth-order valence-electron chi connectivity index (χ4n) is 1.75. The molecule has 0 aromatic carbocycles. The van der Waals surface area contributed by atoms with E-state index in [-0.39, 0.29) is 5.69 Å². The zero-order valence-electron chi connectivity index (χ0n) is 12.0. The van der Waals surface area contributed by atoms with Crippen molar-refractivity contribution < 1.29 is 9.53 Å². The molecule has 2 aromatic rings. The largest absolute Gasteiger partial charge is 0.464 e. The van der Waals surface area contributed by atoms with Crippen molar-refractivity contribution in [3.8, 4) is 0 Å². The number of carbonyl (C=O) groups excluding carboxylic acids is 1. The molecule has 2 aromatic heterocycles. The second kappa shape index (κ2) is 4.87. The number of ether oxygens (including phenoxy) is 1. The molecule has 0 saturated heterocycles. The lowest BCUT2D eigenvalue weighted by atomic mass is 10.3. The minimum atomic E-state index is -0.774. The van der Waals surface area contributed by atoms with Crippen molar-refractivity contribution >= 4 is 23.1 Å². The molecule has 2 rings (SSSR count). The Morgan fingerprint density at radius 2 is 1.90 bits per heavy atom. The monoisotopic (exact) mass is 277 g/mol. The molecule has 8 heteroatoms. The summed E-state index contributed by atoms with van der Waals surface area (Å²) >= 11 is 0. The van der Waals surface area contributed by atoms with Crippen molar-refractivity contribution in [1.82, 2.24) is 19.5 Å². The molecule has 20 heavy (non-hydrogen) atoms. The lowest BCUT2D eigenvalue weighted by molar-refractivity contribution is 0.0591. The van der Waals surface area contributed by atoms with E-state index in [0.29, 0.717) is 22.8 Å². The predicted octanol–water partition coefficient (Wildman–Crippen LogP) is -0.115. The number of aromatic nitrogens is 4. The summed E-state index contributed by atoms with van der Waals surface area (Å²) in [6.07, 6.45) is 0. The molecule has 0 spiro atoms. The summed E-state index contributed by atoms with van der Waals surface area (Å²) < 4.78 is 5.83. The molecule has 0 aliphatic rings. The van der Waals surface area contributed by atoms with E-state index in [1.165, 1.54) is 18.7 Å². The molecule has 0 aliphatic carbocycles. The van der Waals surface area contributed by atoms with Crippen LogP contribution in [0, 0.1) is 6.92 Å².